The van der Waals surface area contributed by atoms with Gasteiger partial charge in [-0.2, -0.15) is 13.2 Å². The van der Waals surface area contributed by atoms with Gasteiger partial charge in [0.15, 0.2) is 0 Å². The lowest BCUT2D eigenvalue weighted by molar-refractivity contribution is -0.137. The molecule has 0 N–H and O–H groups in total. The second-order valence-corrected chi connectivity index (χ2v) is 5.22. The standard InChI is InChI=1S/C15H20F3NO2/c1-11(2)9-19(6-7-21-3)14-5-4-12(10-20)8-13(14)15(16,17)18/h4-5,8,10-11H,6-7,9H2,1-3H3. The zero-order valence-corrected chi connectivity index (χ0v) is 12.4. The molecule has 0 atom stereocenters. The van der Waals surface area contributed by atoms with Crippen molar-refractivity contribution in [1.82, 2.24) is 0 Å². The first kappa shape index (κ1) is 17.5. The van der Waals surface area contributed by atoms with E-state index in [0.29, 0.717) is 26.0 Å². The Balaban J connectivity index is 3.24. The molecule has 0 aliphatic carbocycles. The van der Waals surface area contributed by atoms with Gasteiger partial charge < -0.3 is 9.64 Å². The number of halogens is 3. The number of hydrogen-bond acceptors (Lipinski definition) is 3. The van der Waals surface area contributed by atoms with E-state index in [4.69, 9.17) is 4.74 Å². The van der Waals surface area contributed by atoms with Gasteiger partial charge in [0.1, 0.15) is 6.29 Å². The molecule has 0 bridgehead atoms. The van der Waals surface area contributed by atoms with Gasteiger partial charge in [0.05, 0.1) is 12.2 Å². The Morgan fingerprint density at radius 1 is 1.33 bits per heavy atom. The largest absolute Gasteiger partial charge is 0.418 e. The van der Waals surface area contributed by atoms with Gasteiger partial charge in [0, 0.05) is 31.5 Å². The number of anilines is 1. The number of carbonyl (C=O) groups excluding carboxylic acids is 1. The number of ether oxygens (including phenoxy) is 1. The summed E-state index contributed by atoms with van der Waals surface area (Å²) < 4.78 is 44.6. The van der Waals surface area contributed by atoms with Crippen molar-refractivity contribution in [3.8, 4) is 0 Å². The minimum Gasteiger partial charge on any atom is -0.383 e. The molecule has 1 rings (SSSR count). The van der Waals surface area contributed by atoms with Crippen molar-refractivity contribution >= 4 is 12.0 Å². The predicted octanol–water partition coefficient (Wildman–Crippen LogP) is 3.63. The second-order valence-electron chi connectivity index (χ2n) is 5.22. The van der Waals surface area contributed by atoms with E-state index in [-0.39, 0.29) is 17.2 Å². The second kappa shape index (κ2) is 7.45. The molecule has 6 heteroatoms. The van der Waals surface area contributed by atoms with Crippen molar-refractivity contribution in [3.63, 3.8) is 0 Å². The first-order chi connectivity index (χ1) is 9.79. The van der Waals surface area contributed by atoms with E-state index < -0.39 is 11.7 Å². The molecule has 0 unspecified atom stereocenters. The molecule has 0 amide bonds. The van der Waals surface area contributed by atoms with E-state index >= 15 is 0 Å². The molecular formula is C15H20F3NO2. The maximum Gasteiger partial charge on any atom is 0.418 e. The van der Waals surface area contributed by atoms with Gasteiger partial charge >= 0.3 is 6.18 Å². The number of benzene rings is 1. The highest BCUT2D eigenvalue weighted by molar-refractivity contribution is 5.77. The molecule has 0 aromatic heterocycles. The molecule has 0 radical (unpaired) electrons. The van der Waals surface area contributed by atoms with E-state index in [2.05, 4.69) is 0 Å². The minimum absolute atomic E-state index is 0.0160. The fourth-order valence-corrected chi connectivity index (χ4v) is 2.08. The Morgan fingerprint density at radius 3 is 2.48 bits per heavy atom. The number of hydrogen-bond donors (Lipinski definition) is 0. The molecular weight excluding hydrogens is 283 g/mol. The molecule has 0 saturated carbocycles. The molecule has 0 fully saturated rings. The van der Waals surface area contributed by atoms with Crippen LogP contribution in [-0.2, 0) is 10.9 Å². The van der Waals surface area contributed by atoms with Gasteiger partial charge in [-0.25, -0.2) is 0 Å². The van der Waals surface area contributed by atoms with Crippen LogP contribution in [0.25, 0.3) is 0 Å². The molecule has 0 heterocycles. The lowest BCUT2D eigenvalue weighted by Crippen LogP contribution is -2.32. The lowest BCUT2D eigenvalue weighted by Gasteiger charge is -2.29. The minimum atomic E-state index is -4.50. The molecule has 1 aromatic carbocycles. The Bertz CT molecular complexity index is 472. The third-order valence-electron chi connectivity index (χ3n) is 2.95. The summed E-state index contributed by atoms with van der Waals surface area (Å²) in [7, 11) is 1.51. The van der Waals surface area contributed by atoms with E-state index in [1.165, 1.54) is 19.2 Å². The van der Waals surface area contributed by atoms with Crippen LogP contribution >= 0.6 is 0 Å². The van der Waals surface area contributed by atoms with Crippen molar-refractivity contribution in [1.29, 1.82) is 0 Å². The third kappa shape index (κ3) is 5.04. The first-order valence-corrected chi connectivity index (χ1v) is 6.70. The van der Waals surface area contributed by atoms with Gasteiger partial charge in [-0.05, 0) is 24.1 Å². The fraction of sp³-hybridized carbons (Fsp3) is 0.533. The third-order valence-corrected chi connectivity index (χ3v) is 2.95. The summed E-state index contributed by atoms with van der Waals surface area (Å²) in [6, 6.07) is 3.64. The Hall–Kier alpha value is -1.56. The Morgan fingerprint density at radius 2 is 2.00 bits per heavy atom. The number of alkyl halides is 3. The molecule has 0 aliphatic rings. The number of aldehydes is 1. The maximum atomic E-state index is 13.2. The van der Waals surface area contributed by atoms with E-state index in [9.17, 15) is 18.0 Å². The molecule has 0 saturated heterocycles. The van der Waals surface area contributed by atoms with Gasteiger partial charge in [-0.1, -0.05) is 13.8 Å². The molecule has 118 valence electrons. The number of rotatable bonds is 7. The molecule has 21 heavy (non-hydrogen) atoms. The van der Waals surface area contributed by atoms with Gasteiger partial charge in [-0.15, -0.1) is 0 Å². The molecule has 1 aromatic rings. The van der Waals surface area contributed by atoms with Crippen LogP contribution < -0.4 is 4.90 Å². The summed E-state index contributed by atoms with van der Waals surface area (Å²) in [4.78, 5) is 12.4. The van der Waals surface area contributed by atoms with Crippen molar-refractivity contribution in [2.24, 2.45) is 5.92 Å². The smallest absolute Gasteiger partial charge is 0.383 e. The normalized spacial score (nSPS) is 11.8. The zero-order chi connectivity index (χ0) is 16.0. The van der Waals surface area contributed by atoms with Crippen molar-refractivity contribution in [2.75, 3.05) is 31.7 Å². The topological polar surface area (TPSA) is 29.5 Å². The van der Waals surface area contributed by atoms with Crippen LogP contribution in [0, 0.1) is 5.92 Å². The predicted molar refractivity (Wildman–Crippen MR) is 75.8 cm³/mol. The van der Waals surface area contributed by atoms with Crippen LogP contribution in [0.3, 0.4) is 0 Å². The quantitative estimate of drug-likeness (QED) is 0.720. The van der Waals surface area contributed by atoms with Gasteiger partial charge in [0.25, 0.3) is 0 Å². The number of methoxy groups -OCH3 is 1. The van der Waals surface area contributed by atoms with Crippen LogP contribution in [0.4, 0.5) is 18.9 Å². The maximum absolute atomic E-state index is 13.2. The van der Waals surface area contributed by atoms with Crippen molar-refractivity contribution in [3.05, 3.63) is 29.3 Å². The SMILES string of the molecule is COCCN(CC(C)C)c1ccc(C=O)cc1C(F)(F)F. The molecule has 0 aliphatic heterocycles. The highest BCUT2D eigenvalue weighted by Crippen LogP contribution is 2.37. The highest BCUT2D eigenvalue weighted by atomic mass is 19.4. The summed E-state index contributed by atoms with van der Waals surface area (Å²) in [6.07, 6.45) is -4.09. The highest BCUT2D eigenvalue weighted by Gasteiger charge is 2.35. The average molecular weight is 303 g/mol. The summed E-state index contributed by atoms with van der Waals surface area (Å²) >= 11 is 0. The number of nitrogens with zero attached hydrogens (tertiary/aromatic N) is 1. The van der Waals surface area contributed by atoms with E-state index in [1.54, 1.807) is 4.90 Å². The van der Waals surface area contributed by atoms with Crippen LogP contribution in [0.15, 0.2) is 18.2 Å². The molecule has 0 spiro atoms. The first-order valence-electron chi connectivity index (χ1n) is 6.70. The summed E-state index contributed by atoms with van der Waals surface area (Å²) in [6.45, 7) is 5.05. The average Bonchev–Trinajstić information content (AvgIpc) is 2.41. The zero-order valence-electron chi connectivity index (χ0n) is 12.4. The monoisotopic (exact) mass is 303 g/mol. The number of carbonyl (C=O) groups is 1. The van der Waals surface area contributed by atoms with Crippen molar-refractivity contribution in [2.45, 2.75) is 20.0 Å². The van der Waals surface area contributed by atoms with Crippen LogP contribution in [-0.4, -0.2) is 33.1 Å². The van der Waals surface area contributed by atoms with Crippen LogP contribution in [0.1, 0.15) is 29.8 Å². The van der Waals surface area contributed by atoms with E-state index in [0.717, 1.165) is 6.07 Å². The summed E-state index contributed by atoms with van der Waals surface area (Å²) in [5.41, 5.74) is -0.690. The summed E-state index contributed by atoms with van der Waals surface area (Å²) in [5.74, 6) is 0.202. The Labute approximate surface area is 122 Å². The summed E-state index contributed by atoms with van der Waals surface area (Å²) in [5, 5.41) is 0. The van der Waals surface area contributed by atoms with Gasteiger partial charge in [0.2, 0.25) is 0 Å². The lowest BCUT2D eigenvalue weighted by atomic mass is 10.1. The van der Waals surface area contributed by atoms with Crippen molar-refractivity contribution < 1.29 is 22.7 Å². The van der Waals surface area contributed by atoms with Crippen LogP contribution in [0.5, 0.6) is 0 Å². The fourth-order valence-electron chi connectivity index (χ4n) is 2.08. The van der Waals surface area contributed by atoms with E-state index in [1.807, 2.05) is 13.8 Å². The Kier molecular flexibility index (Phi) is 6.20. The van der Waals surface area contributed by atoms with Crippen LogP contribution in [0.2, 0.25) is 0 Å². The molecule has 3 nitrogen and oxygen atoms in total. The van der Waals surface area contributed by atoms with Gasteiger partial charge in [-0.3, -0.25) is 4.79 Å².